The van der Waals surface area contributed by atoms with E-state index in [-0.39, 0.29) is 12.3 Å². The van der Waals surface area contributed by atoms with Gasteiger partial charge in [0.05, 0.1) is 0 Å². The standard InChI is InChI=1S/C14H18FNO3/c15-10-11-5-4-6-12(9-11)14(19)16-8-3-1-2-7-13(17)18/h4-6,9H,1-3,7-8,10H2,(H,16,19)(H,17,18). The fourth-order valence-corrected chi connectivity index (χ4v) is 1.68. The van der Waals surface area contributed by atoms with Crippen molar-refractivity contribution in [3.05, 3.63) is 35.4 Å². The molecular formula is C14H18FNO3. The quantitative estimate of drug-likeness (QED) is 0.711. The van der Waals surface area contributed by atoms with Crippen LogP contribution in [-0.2, 0) is 11.5 Å². The van der Waals surface area contributed by atoms with Crippen molar-refractivity contribution < 1.29 is 19.1 Å². The fourth-order valence-electron chi connectivity index (χ4n) is 1.68. The molecular weight excluding hydrogens is 249 g/mol. The molecule has 1 amide bonds. The lowest BCUT2D eigenvalue weighted by molar-refractivity contribution is -0.137. The number of hydrogen-bond acceptors (Lipinski definition) is 2. The second kappa shape index (κ2) is 8.24. The summed E-state index contributed by atoms with van der Waals surface area (Å²) in [5, 5.41) is 11.2. The molecule has 0 atom stereocenters. The summed E-state index contributed by atoms with van der Waals surface area (Å²) >= 11 is 0. The van der Waals surface area contributed by atoms with Gasteiger partial charge in [-0.05, 0) is 30.5 Å². The van der Waals surface area contributed by atoms with Gasteiger partial charge in [0.1, 0.15) is 6.67 Å². The van der Waals surface area contributed by atoms with Crippen LogP contribution < -0.4 is 5.32 Å². The Labute approximate surface area is 111 Å². The predicted octanol–water partition coefficient (Wildman–Crippen LogP) is 2.53. The summed E-state index contributed by atoms with van der Waals surface area (Å²) < 4.78 is 12.4. The molecule has 1 rings (SSSR count). The zero-order chi connectivity index (χ0) is 14.1. The van der Waals surface area contributed by atoms with Crippen molar-refractivity contribution in [1.82, 2.24) is 5.32 Å². The molecule has 19 heavy (non-hydrogen) atoms. The van der Waals surface area contributed by atoms with E-state index in [4.69, 9.17) is 5.11 Å². The SMILES string of the molecule is O=C(O)CCCCCNC(=O)c1cccc(CF)c1. The molecule has 4 nitrogen and oxygen atoms in total. The van der Waals surface area contributed by atoms with E-state index >= 15 is 0 Å². The summed E-state index contributed by atoms with van der Waals surface area (Å²) in [6, 6.07) is 6.44. The largest absolute Gasteiger partial charge is 0.481 e. The first-order valence-corrected chi connectivity index (χ1v) is 6.28. The molecule has 2 N–H and O–H groups in total. The number of aliphatic carboxylic acids is 1. The van der Waals surface area contributed by atoms with E-state index in [0.29, 0.717) is 24.1 Å². The number of halogens is 1. The Kier molecular flexibility index (Phi) is 6.57. The van der Waals surface area contributed by atoms with Crippen molar-refractivity contribution in [2.75, 3.05) is 6.54 Å². The lowest BCUT2D eigenvalue weighted by Gasteiger charge is -2.05. The summed E-state index contributed by atoms with van der Waals surface area (Å²) in [6.45, 7) is -0.0887. The van der Waals surface area contributed by atoms with Crippen LogP contribution in [0.3, 0.4) is 0 Å². The normalized spacial score (nSPS) is 10.2. The monoisotopic (exact) mass is 267 g/mol. The van der Waals surface area contributed by atoms with Gasteiger partial charge in [0.15, 0.2) is 0 Å². The molecule has 0 spiro atoms. The highest BCUT2D eigenvalue weighted by Crippen LogP contribution is 2.06. The molecule has 1 aromatic rings. The third-order valence-electron chi connectivity index (χ3n) is 2.70. The average Bonchev–Trinajstić information content (AvgIpc) is 2.42. The molecule has 0 aliphatic carbocycles. The van der Waals surface area contributed by atoms with Gasteiger partial charge in [0, 0.05) is 18.5 Å². The second-order valence-corrected chi connectivity index (χ2v) is 4.29. The lowest BCUT2D eigenvalue weighted by Crippen LogP contribution is -2.24. The Morgan fingerprint density at radius 3 is 2.68 bits per heavy atom. The topological polar surface area (TPSA) is 66.4 Å². The molecule has 1 aromatic carbocycles. The van der Waals surface area contributed by atoms with Crippen LogP contribution in [0.5, 0.6) is 0 Å². The fraction of sp³-hybridized carbons (Fsp3) is 0.429. The Bertz CT molecular complexity index is 434. The first-order valence-electron chi connectivity index (χ1n) is 6.28. The number of carboxylic acid groups (broad SMARTS) is 1. The Balaban J connectivity index is 2.25. The number of benzene rings is 1. The minimum Gasteiger partial charge on any atom is -0.481 e. The number of alkyl halides is 1. The van der Waals surface area contributed by atoms with Crippen LogP contribution in [0.25, 0.3) is 0 Å². The number of amides is 1. The summed E-state index contributed by atoms with van der Waals surface area (Å²) in [7, 11) is 0. The average molecular weight is 267 g/mol. The van der Waals surface area contributed by atoms with Crippen LogP contribution in [0.1, 0.15) is 41.6 Å². The Morgan fingerprint density at radius 2 is 2.00 bits per heavy atom. The molecule has 0 aliphatic rings. The highest BCUT2D eigenvalue weighted by Gasteiger charge is 2.05. The maximum atomic E-state index is 12.4. The van der Waals surface area contributed by atoms with Gasteiger partial charge in [0.2, 0.25) is 0 Å². The van der Waals surface area contributed by atoms with Crippen molar-refractivity contribution in [1.29, 1.82) is 0 Å². The van der Waals surface area contributed by atoms with Gasteiger partial charge in [0.25, 0.3) is 5.91 Å². The van der Waals surface area contributed by atoms with E-state index in [2.05, 4.69) is 5.32 Å². The maximum Gasteiger partial charge on any atom is 0.303 e. The number of carbonyl (C=O) groups is 2. The van der Waals surface area contributed by atoms with Crippen LogP contribution in [-0.4, -0.2) is 23.5 Å². The van der Waals surface area contributed by atoms with Crippen molar-refractivity contribution in [3.8, 4) is 0 Å². The third kappa shape index (κ3) is 5.99. The number of carboxylic acids is 1. The molecule has 0 saturated carbocycles. The third-order valence-corrected chi connectivity index (χ3v) is 2.70. The zero-order valence-corrected chi connectivity index (χ0v) is 10.7. The molecule has 0 saturated heterocycles. The predicted molar refractivity (Wildman–Crippen MR) is 69.7 cm³/mol. The van der Waals surface area contributed by atoms with Gasteiger partial charge in [-0.15, -0.1) is 0 Å². The van der Waals surface area contributed by atoms with E-state index in [1.165, 1.54) is 6.07 Å². The Morgan fingerprint density at radius 1 is 1.21 bits per heavy atom. The van der Waals surface area contributed by atoms with Crippen LogP contribution >= 0.6 is 0 Å². The summed E-state index contributed by atoms with van der Waals surface area (Å²) in [5.41, 5.74) is 0.926. The summed E-state index contributed by atoms with van der Waals surface area (Å²) in [4.78, 5) is 22.0. The summed E-state index contributed by atoms with van der Waals surface area (Å²) in [6.07, 6.45) is 2.27. The highest BCUT2D eigenvalue weighted by atomic mass is 19.1. The van der Waals surface area contributed by atoms with E-state index in [1.54, 1.807) is 18.2 Å². The molecule has 0 aliphatic heterocycles. The molecule has 104 valence electrons. The van der Waals surface area contributed by atoms with Gasteiger partial charge in [-0.1, -0.05) is 18.6 Å². The van der Waals surface area contributed by atoms with Crippen molar-refractivity contribution >= 4 is 11.9 Å². The van der Waals surface area contributed by atoms with Gasteiger partial charge in [-0.3, -0.25) is 9.59 Å². The van der Waals surface area contributed by atoms with E-state index in [1.807, 2.05) is 0 Å². The number of rotatable bonds is 8. The minimum absolute atomic E-state index is 0.159. The van der Waals surface area contributed by atoms with Crippen molar-refractivity contribution in [2.45, 2.75) is 32.4 Å². The molecule has 0 aromatic heterocycles. The first kappa shape index (κ1) is 15.1. The second-order valence-electron chi connectivity index (χ2n) is 4.29. The number of hydrogen-bond donors (Lipinski definition) is 2. The van der Waals surface area contributed by atoms with Crippen LogP contribution in [0.4, 0.5) is 4.39 Å². The smallest absolute Gasteiger partial charge is 0.303 e. The molecule has 0 unspecified atom stereocenters. The van der Waals surface area contributed by atoms with E-state index in [9.17, 15) is 14.0 Å². The number of unbranched alkanes of at least 4 members (excludes halogenated alkanes) is 2. The maximum absolute atomic E-state index is 12.4. The molecule has 0 fully saturated rings. The van der Waals surface area contributed by atoms with Crippen molar-refractivity contribution in [3.63, 3.8) is 0 Å². The van der Waals surface area contributed by atoms with Gasteiger partial charge >= 0.3 is 5.97 Å². The zero-order valence-electron chi connectivity index (χ0n) is 10.7. The van der Waals surface area contributed by atoms with Gasteiger partial charge in [-0.25, -0.2) is 4.39 Å². The number of carbonyl (C=O) groups excluding carboxylic acids is 1. The molecule has 5 heteroatoms. The minimum atomic E-state index is -0.799. The van der Waals surface area contributed by atoms with Crippen LogP contribution in [0, 0.1) is 0 Å². The van der Waals surface area contributed by atoms with Crippen molar-refractivity contribution in [2.24, 2.45) is 0 Å². The van der Waals surface area contributed by atoms with E-state index in [0.717, 1.165) is 12.8 Å². The van der Waals surface area contributed by atoms with Crippen LogP contribution in [0.2, 0.25) is 0 Å². The molecule has 0 heterocycles. The van der Waals surface area contributed by atoms with E-state index < -0.39 is 12.6 Å². The van der Waals surface area contributed by atoms with Crippen LogP contribution in [0.15, 0.2) is 24.3 Å². The molecule has 0 bridgehead atoms. The summed E-state index contributed by atoms with van der Waals surface area (Å²) in [5.74, 6) is -1.03. The lowest BCUT2D eigenvalue weighted by atomic mass is 10.1. The van der Waals surface area contributed by atoms with Gasteiger partial charge < -0.3 is 10.4 Å². The molecule has 0 radical (unpaired) electrons. The number of nitrogens with one attached hydrogen (secondary N) is 1. The first-order chi connectivity index (χ1) is 9.13. The van der Waals surface area contributed by atoms with Gasteiger partial charge in [-0.2, -0.15) is 0 Å². The highest BCUT2D eigenvalue weighted by molar-refractivity contribution is 5.94. The Hall–Kier alpha value is -1.91.